The second kappa shape index (κ2) is 12.6. The second-order valence-electron chi connectivity index (χ2n) is 8.50. The lowest BCUT2D eigenvalue weighted by molar-refractivity contribution is -0.149. The number of hydrogen-bond donors (Lipinski definition) is 2. The Labute approximate surface area is 194 Å². The summed E-state index contributed by atoms with van der Waals surface area (Å²) in [6.07, 6.45) is -0.530. The number of hydrogen-bond acceptors (Lipinski definition) is 6. The number of benzene rings is 2. The number of alkyl carbamates (subject to hydrolysis) is 1. The van der Waals surface area contributed by atoms with E-state index >= 15 is 0 Å². The molecule has 178 valence electrons. The van der Waals surface area contributed by atoms with E-state index in [1.165, 1.54) is 7.11 Å². The average molecular weight is 457 g/mol. The molecule has 0 heterocycles. The molecule has 2 aromatic carbocycles. The third kappa shape index (κ3) is 9.74. The molecule has 2 N–H and O–H groups in total. The standard InChI is InChI=1S/C25H32N2O6/c1-25(2,3)33-24(30)27-21(17-31-4)22(28)26-20(15-18-11-7-5-8-12-18)23(29)32-16-19-13-9-6-10-14-19/h5-14,20-21H,15-17H2,1-4H3,(H,26,28)(H,27,30)/t20-,21-/m0/s1. The molecule has 0 radical (unpaired) electrons. The summed E-state index contributed by atoms with van der Waals surface area (Å²) in [4.78, 5) is 38.0. The number of amides is 2. The molecule has 8 nitrogen and oxygen atoms in total. The molecule has 0 saturated carbocycles. The Morgan fingerprint density at radius 1 is 0.848 bits per heavy atom. The van der Waals surface area contributed by atoms with Gasteiger partial charge in [-0.05, 0) is 31.9 Å². The zero-order chi connectivity index (χ0) is 24.3. The fourth-order valence-corrected chi connectivity index (χ4v) is 2.94. The minimum atomic E-state index is -1.05. The Bertz CT molecular complexity index is 896. The molecule has 0 aliphatic heterocycles. The van der Waals surface area contributed by atoms with Crippen molar-refractivity contribution in [2.45, 2.75) is 51.5 Å². The topological polar surface area (TPSA) is 103 Å². The first-order valence-corrected chi connectivity index (χ1v) is 10.7. The van der Waals surface area contributed by atoms with Crippen molar-refractivity contribution >= 4 is 18.0 Å². The van der Waals surface area contributed by atoms with Gasteiger partial charge in [0.05, 0.1) is 6.61 Å². The van der Waals surface area contributed by atoms with E-state index < -0.39 is 35.7 Å². The van der Waals surface area contributed by atoms with Crippen LogP contribution < -0.4 is 10.6 Å². The maximum Gasteiger partial charge on any atom is 0.408 e. The molecule has 2 amide bonds. The molecule has 0 bridgehead atoms. The third-order valence-corrected chi connectivity index (χ3v) is 4.45. The molecule has 8 heteroatoms. The van der Waals surface area contributed by atoms with E-state index in [2.05, 4.69) is 10.6 Å². The van der Waals surface area contributed by atoms with Crippen LogP contribution in [0.4, 0.5) is 4.79 Å². The van der Waals surface area contributed by atoms with Gasteiger partial charge in [0.15, 0.2) is 0 Å². The molecule has 2 aromatic rings. The maximum atomic E-state index is 12.9. The van der Waals surface area contributed by atoms with Crippen LogP contribution in [0.15, 0.2) is 60.7 Å². The van der Waals surface area contributed by atoms with E-state index in [0.29, 0.717) is 0 Å². The van der Waals surface area contributed by atoms with Crippen LogP contribution >= 0.6 is 0 Å². The first-order valence-electron chi connectivity index (χ1n) is 10.7. The lowest BCUT2D eigenvalue weighted by Crippen LogP contribution is -2.54. The zero-order valence-corrected chi connectivity index (χ0v) is 19.5. The summed E-state index contributed by atoms with van der Waals surface area (Å²) in [6.45, 7) is 5.14. The highest BCUT2D eigenvalue weighted by atomic mass is 16.6. The van der Waals surface area contributed by atoms with E-state index in [-0.39, 0.29) is 19.6 Å². The van der Waals surface area contributed by atoms with Crippen molar-refractivity contribution in [1.29, 1.82) is 0 Å². The van der Waals surface area contributed by atoms with Crippen molar-refractivity contribution in [2.24, 2.45) is 0 Å². The van der Waals surface area contributed by atoms with Crippen LogP contribution in [0.1, 0.15) is 31.9 Å². The molecule has 2 rings (SSSR count). The van der Waals surface area contributed by atoms with Crippen LogP contribution in [0.5, 0.6) is 0 Å². The van der Waals surface area contributed by atoms with E-state index in [1.807, 2.05) is 60.7 Å². The Balaban J connectivity index is 2.10. The highest BCUT2D eigenvalue weighted by Crippen LogP contribution is 2.09. The fourth-order valence-electron chi connectivity index (χ4n) is 2.94. The largest absolute Gasteiger partial charge is 0.459 e. The van der Waals surface area contributed by atoms with Crippen LogP contribution in [0.25, 0.3) is 0 Å². The van der Waals surface area contributed by atoms with Crippen LogP contribution in [0, 0.1) is 0 Å². The van der Waals surface area contributed by atoms with Gasteiger partial charge in [0.25, 0.3) is 0 Å². The average Bonchev–Trinajstić information content (AvgIpc) is 2.77. The van der Waals surface area contributed by atoms with Gasteiger partial charge in [-0.25, -0.2) is 9.59 Å². The Morgan fingerprint density at radius 3 is 1.97 bits per heavy atom. The monoisotopic (exact) mass is 456 g/mol. The van der Waals surface area contributed by atoms with E-state index in [1.54, 1.807) is 20.8 Å². The number of carbonyl (C=O) groups is 3. The molecule has 33 heavy (non-hydrogen) atoms. The first kappa shape index (κ1) is 25.9. The summed E-state index contributed by atoms with van der Waals surface area (Å²) in [5.74, 6) is -1.16. The van der Waals surface area contributed by atoms with Gasteiger partial charge in [-0.1, -0.05) is 60.7 Å². The summed E-state index contributed by atoms with van der Waals surface area (Å²) in [7, 11) is 1.41. The van der Waals surface area contributed by atoms with Gasteiger partial charge in [0, 0.05) is 13.5 Å². The molecule has 0 aliphatic rings. The van der Waals surface area contributed by atoms with Crippen molar-refractivity contribution in [3.8, 4) is 0 Å². The second-order valence-corrected chi connectivity index (χ2v) is 8.50. The van der Waals surface area contributed by atoms with Crippen LogP contribution in [0.2, 0.25) is 0 Å². The van der Waals surface area contributed by atoms with Crippen molar-refractivity contribution in [1.82, 2.24) is 10.6 Å². The Hall–Kier alpha value is -3.39. The summed E-state index contributed by atoms with van der Waals surface area (Å²) in [5.41, 5.74) is 0.956. The minimum Gasteiger partial charge on any atom is -0.459 e. The molecule has 0 aromatic heterocycles. The molecule has 2 atom stereocenters. The van der Waals surface area contributed by atoms with Crippen molar-refractivity contribution in [3.63, 3.8) is 0 Å². The van der Waals surface area contributed by atoms with Crippen molar-refractivity contribution < 1.29 is 28.6 Å². The van der Waals surface area contributed by atoms with Crippen LogP contribution in [-0.2, 0) is 36.8 Å². The van der Waals surface area contributed by atoms with Crippen molar-refractivity contribution in [3.05, 3.63) is 71.8 Å². The normalized spacial score (nSPS) is 12.8. The molecule has 0 unspecified atom stereocenters. The van der Waals surface area contributed by atoms with Crippen LogP contribution in [-0.4, -0.2) is 49.4 Å². The summed E-state index contributed by atoms with van der Waals surface area (Å²) >= 11 is 0. The molecule has 0 saturated heterocycles. The maximum absolute atomic E-state index is 12.9. The van der Waals surface area contributed by atoms with Gasteiger partial charge in [-0.2, -0.15) is 0 Å². The quantitative estimate of drug-likeness (QED) is 0.533. The summed E-state index contributed by atoms with van der Waals surface area (Å²) in [6, 6.07) is 16.5. The highest BCUT2D eigenvalue weighted by Gasteiger charge is 2.29. The predicted molar refractivity (Wildman–Crippen MR) is 123 cm³/mol. The van der Waals surface area contributed by atoms with E-state index in [9.17, 15) is 14.4 Å². The molecular weight excluding hydrogens is 424 g/mol. The lowest BCUT2D eigenvalue weighted by Gasteiger charge is -2.24. The molecular formula is C25H32N2O6. The van der Waals surface area contributed by atoms with Gasteiger partial charge in [0.1, 0.15) is 24.3 Å². The first-order chi connectivity index (χ1) is 15.7. The van der Waals surface area contributed by atoms with Gasteiger partial charge >= 0.3 is 12.1 Å². The fraction of sp³-hybridized carbons (Fsp3) is 0.400. The Morgan fingerprint density at radius 2 is 1.42 bits per heavy atom. The van der Waals surface area contributed by atoms with E-state index in [4.69, 9.17) is 14.2 Å². The number of rotatable bonds is 10. The summed E-state index contributed by atoms with van der Waals surface area (Å²) < 4.78 is 15.8. The number of nitrogens with one attached hydrogen (secondary N) is 2. The van der Waals surface area contributed by atoms with Gasteiger partial charge < -0.3 is 24.8 Å². The number of carbonyl (C=O) groups excluding carboxylic acids is 3. The van der Waals surface area contributed by atoms with Crippen molar-refractivity contribution in [2.75, 3.05) is 13.7 Å². The molecule has 0 spiro atoms. The number of esters is 1. The van der Waals surface area contributed by atoms with Crippen LogP contribution in [0.3, 0.4) is 0 Å². The van der Waals surface area contributed by atoms with Gasteiger partial charge in [-0.3, -0.25) is 4.79 Å². The highest BCUT2D eigenvalue weighted by molar-refractivity contribution is 5.90. The zero-order valence-electron chi connectivity index (χ0n) is 19.5. The number of ether oxygens (including phenoxy) is 3. The minimum absolute atomic E-state index is 0.0818. The SMILES string of the molecule is COC[C@H](NC(=O)OC(C)(C)C)C(=O)N[C@@H](Cc1ccccc1)C(=O)OCc1ccccc1. The summed E-state index contributed by atoms with van der Waals surface area (Å²) in [5, 5.41) is 5.18. The van der Waals surface area contributed by atoms with Gasteiger partial charge in [-0.15, -0.1) is 0 Å². The van der Waals surface area contributed by atoms with E-state index in [0.717, 1.165) is 11.1 Å². The molecule has 0 fully saturated rings. The third-order valence-electron chi connectivity index (χ3n) is 4.45. The number of methoxy groups -OCH3 is 1. The molecule has 0 aliphatic carbocycles. The predicted octanol–water partition coefficient (Wildman–Crippen LogP) is 3.00. The Kier molecular flexibility index (Phi) is 9.87. The smallest absolute Gasteiger partial charge is 0.408 e. The lowest BCUT2D eigenvalue weighted by atomic mass is 10.1. The van der Waals surface area contributed by atoms with Gasteiger partial charge in [0.2, 0.25) is 5.91 Å².